The molecule has 0 spiro atoms. The predicted octanol–water partition coefficient (Wildman–Crippen LogP) is 1.89. The molecule has 1 N–H and O–H groups in total. The Morgan fingerprint density at radius 2 is 2.11 bits per heavy atom. The third-order valence-electron chi connectivity index (χ3n) is 5.03. The van der Waals surface area contributed by atoms with Gasteiger partial charge in [0.05, 0.1) is 6.54 Å². The highest BCUT2D eigenvalue weighted by Crippen LogP contribution is 2.60. The van der Waals surface area contributed by atoms with Crippen molar-refractivity contribution in [1.82, 2.24) is 20.1 Å². The second-order valence-electron chi connectivity index (χ2n) is 6.38. The van der Waals surface area contributed by atoms with Gasteiger partial charge in [0, 0.05) is 19.5 Å². The minimum Gasteiger partial charge on any atom is -0.314 e. The lowest BCUT2D eigenvalue weighted by Crippen LogP contribution is -2.27. The van der Waals surface area contributed by atoms with Crippen LogP contribution in [0.3, 0.4) is 0 Å². The molecule has 0 unspecified atom stereocenters. The van der Waals surface area contributed by atoms with Gasteiger partial charge in [0.15, 0.2) is 0 Å². The van der Waals surface area contributed by atoms with Crippen molar-refractivity contribution in [3.8, 4) is 0 Å². The van der Waals surface area contributed by atoms with Crippen molar-refractivity contribution < 1.29 is 0 Å². The summed E-state index contributed by atoms with van der Waals surface area (Å²) in [5, 5.41) is 12.3. The molecule has 2 fully saturated rings. The summed E-state index contributed by atoms with van der Waals surface area (Å²) in [5.41, 5.74) is 0.685. The second kappa shape index (κ2) is 4.05. The molecule has 1 aromatic heterocycles. The molecule has 2 saturated carbocycles. The SMILES string of the molecule is C1CCn2c(nnc2CNCC2(C3CC3)CC2)C1. The number of aromatic nitrogens is 3. The van der Waals surface area contributed by atoms with E-state index in [9.17, 15) is 0 Å². The zero-order valence-corrected chi connectivity index (χ0v) is 11.0. The molecule has 3 aliphatic rings. The molecule has 0 amide bonds. The average Bonchev–Trinajstić information content (AvgIpc) is 3.28. The van der Waals surface area contributed by atoms with Crippen LogP contribution >= 0.6 is 0 Å². The van der Waals surface area contributed by atoms with Crippen LogP contribution in [-0.4, -0.2) is 21.3 Å². The lowest BCUT2D eigenvalue weighted by Gasteiger charge is -2.17. The number of hydrogen-bond donors (Lipinski definition) is 1. The van der Waals surface area contributed by atoms with Gasteiger partial charge in [0.25, 0.3) is 0 Å². The van der Waals surface area contributed by atoms with E-state index in [0.717, 1.165) is 31.3 Å². The highest BCUT2D eigenvalue weighted by Gasteiger charge is 2.53. The minimum atomic E-state index is 0.685. The van der Waals surface area contributed by atoms with Crippen molar-refractivity contribution in [2.24, 2.45) is 11.3 Å². The summed E-state index contributed by atoms with van der Waals surface area (Å²) in [5.74, 6) is 3.38. The third-order valence-corrected chi connectivity index (χ3v) is 5.03. The molecule has 1 aliphatic heterocycles. The van der Waals surface area contributed by atoms with Crippen molar-refractivity contribution >= 4 is 0 Å². The quantitative estimate of drug-likeness (QED) is 0.863. The Labute approximate surface area is 108 Å². The Balaban J connectivity index is 1.36. The van der Waals surface area contributed by atoms with E-state index in [1.807, 2.05) is 0 Å². The number of fused-ring (bicyclic) bond motifs is 1. The van der Waals surface area contributed by atoms with Crippen molar-refractivity contribution in [2.45, 2.75) is 58.0 Å². The molecule has 0 atom stereocenters. The molecule has 2 heterocycles. The number of rotatable bonds is 5. The van der Waals surface area contributed by atoms with Crippen LogP contribution in [-0.2, 0) is 19.5 Å². The number of nitrogens with one attached hydrogen (secondary N) is 1. The summed E-state index contributed by atoms with van der Waals surface area (Å²) in [7, 11) is 0. The Morgan fingerprint density at radius 1 is 1.22 bits per heavy atom. The number of aryl methyl sites for hydroxylation is 1. The van der Waals surface area contributed by atoms with Crippen LogP contribution in [0, 0.1) is 11.3 Å². The van der Waals surface area contributed by atoms with Crippen LogP contribution in [0.2, 0.25) is 0 Å². The minimum absolute atomic E-state index is 0.685. The Hall–Kier alpha value is -0.900. The molecular weight excluding hydrogens is 224 g/mol. The lowest BCUT2D eigenvalue weighted by molar-refractivity contribution is 0.396. The first kappa shape index (κ1) is 11.0. The van der Waals surface area contributed by atoms with Crippen molar-refractivity contribution in [3.63, 3.8) is 0 Å². The first-order valence-corrected chi connectivity index (χ1v) is 7.49. The zero-order valence-electron chi connectivity index (χ0n) is 11.0. The molecule has 0 bridgehead atoms. The van der Waals surface area contributed by atoms with Gasteiger partial charge in [-0.15, -0.1) is 10.2 Å². The molecule has 0 aromatic carbocycles. The highest BCUT2D eigenvalue weighted by atomic mass is 15.3. The number of hydrogen-bond acceptors (Lipinski definition) is 3. The molecule has 98 valence electrons. The van der Waals surface area contributed by atoms with Crippen LogP contribution in [0.15, 0.2) is 0 Å². The highest BCUT2D eigenvalue weighted by molar-refractivity contribution is 5.05. The molecule has 4 heteroatoms. The fraction of sp³-hybridized carbons (Fsp3) is 0.857. The van der Waals surface area contributed by atoms with Crippen LogP contribution in [0.5, 0.6) is 0 Å². The van der Waals surface area contributed by atoms with Gasteiger partial charge in [0.1, 0.15) is 11.6 Å². The van der Waals surface area contributed by atoms with Crippen molar-refractivity contribution in [3.05, 3.63) is 11.6 Å². The lowest BCUT2D eigenvalue weighted by atomic mass is 10.0. The van der Waals surface area contributed by atoms with Crippen LogP contribution in [0.1, 0.15) is 50.2 Å². The molecule has 0 radical (unpaired) electrons. The van der Waals surface area contributed by atoms with Crippen LogP contribution < -0.4 is 5.32 Å². The molecule has 2 aliphatic carbocycles. The molecule has 1 aromatic rings. The molecule has 4 rings (SSSR count). The first-order chi connectivity index (χ1) is 8.87. The van der Waals surface area contributed by atoms with Gasteiger partial charge in [-0.3, -0.25) is 0 Å². The summed E-state index contributed by atoms with van der Waals surface area (Å²) >= 11 is 0. The van der Waals surface area contributed by atoms with Crippen LogP contribution in [0.4, 0.5) is 0 Å². The largest absolute Gasteiger partial charge is 0.314 e. The normalized spacial score (nSPS) is 24.9. The first-order valence-electron chi connectivity index (χ1n) is 7.49. The van der Waals surface area contributed by atoms with Gasteiger partial charge in [-0.05, 0) is 49.9 Å². The van der Waals surface area contributed by atoms with E-state index in [2.05, 4.69) is 20.1 Å². The van der Waals surface area contributed by atoms with Crippen molar-refractivity contribution in [1.29, 1.82) is 0 Å². The summed E-state index contributed by atoms with van der Waals surface area (Å²) in [6.45, 7) is 3.22. The van der Waals surface area contributed by atoms with E-state index >= 15 is 0 Å². The fourth-order valence-electron chi connectivity index (χ4n) is 3.51. The van der Waals surface area contributed by atoms with E-state index in [4.69, 9.17) is 0 Å². The van der Waals surface area contributed by atoms with Crippen molar-refractivity contribution in [2.75, 3.05) is 6.54 Å². The van der Waals surface area contributed by atoms with E-state index < -0.39 is 0 Å². The predicted molar refractivity (Wildman–Crippen MR) is 69.1 cm³/mol. The standard InChI is InChI=1S/C14H22N4/c1-2-8-18-12(3-1)16-17-13(18)9-15-10-14(6-7-14)11-4-5-11/h11,15H,1-10H2. The summed E-state index contributed by atoms with van der Waals surface area (Å²) in [4.78, 5) is 0. The van der Waals surface area contributed by atoms with Gasteiger partial charge in [-0.25, -0.2) is 0 Å². The van der Waals surface area contributed by atoms with Gasteiger partial charge < -0.3 is 9.88 Å². The topological polar surface area (TPSA) is 42.7 Å². The smallest absolute Gasteiger partial charge is 0.147 e. The Kier molecular flexibility index (Phi) is 2.47. The van der Waals surface area contributed by atoms with E-state index in [1.54, 1.807) is 0 Å². The average molecular weight is 246 g/mol. The number of nitrogens with zero attached hydrogens (tertiary/aromatic N) is 3. The second-order valence-corrected chi connectivity index (χ2v) is 6.38. The van der Waals surface area contributed by atoms with E-state index in [0.29, 0.717) is 5.41 Å². The zero-order chi connectivity index (χ0) is 12.0. The maximum Gasteiger partial charge on any atom is 0.147 e. The maximum absolute atomic E-state index is 4.35. The van der Waals surface area contributed by atoms with E-state index in [1.165, 1.54) is 50.9 Å². The molecule has 0 saturated heterocycles. The maximum atomic E-state index is 4.35. The Bertz CT molecular complexity index is 443. The summed E-state index contributed by atoms with van der Waals surface area (Å²) < 4.78 is 2.33. The molecular formula is C14H22N4. The van der Waals surface area contributed by atoms with Gasteiger partial charge in [-0.1, -0.05) is 0 Å². The molecule has 18 heavy (non-hydrogen) atoms. The van der Waals surface area contributed by atoms with E-state index in [-0.39, 0.29) is 0 Å². The Morgan fingerprint density at radius 3 is 2.89 bits per heavy atom. The van der Waals surface area contributed by atoms with Crippen LogP contribution in [0.25, 0.3) is 0 Å². The third kappa shape index (κ3) is 1.87. The fourth-order valence-corrected chi connectivity index (χ4v) is 3.51. The monoisotopic (exact) mass is 246 g/mol. The summed E-state index contributed by atoms with van der Waals surface area (Å²) in [6, 6.07) is 0. The summed E-state index contributed by atoms with van der Waals surface area (Å²) in [6.07, 6.45) is 9.51. The molecule has 4 nitrogen and oxygen atoms in total. The van der Waals surface area contributed by atoms with Gasteiger partial charge in [-0.2, -0.15) is 0 Å². The van der Waals surface area contributed by atoms with Gasteiger partial charge >= 0.3 is 0 Å². The van der Waals surface area contributed by atoms with Gasteiger partial charge in [0.2, 0.25) is 0 Å².